The smallest absolute Gasteiger partial charge is 0.268 e. The van der Waals surface area contributed by atoms with Crippen LogP contribution in [0, 0.1) is 5.82 Å². The van der Waals surface area contributed by atoms with Crippen LogP contribution in [0.25, 0.3) is 5.57 Å². The van der Waals surface area contributed by atoms with Crippen LogP contribution in [0.15, 0.2) is 88.8 Å². The van der Waals surface area contributed by atoms with Crippen molar-refractivity contribution in [1.82, 2.24) is 9.88 Å². The van der Waals surface area contributed by atoms with E-state index in [2.05, 4.69) is 4.98 Å². The van der Waals surface area contributed by atoms with Crippen molar-refractivity contribution in [2.24, 2.45) is 0 Å². The van der Waals surface area contributed by atoms with E-state index in [0.29, 0.717) is 16.2 Å². The molecule has 0 atom stereocenters. The van der Waals surface area contributed by atoms with E-state index < -0.39 is 11.7 Å². The lowest BCUT2D eigenvalue weighted by molar-refractivity contribution is -0.137. The molecule has 0 saturated heterocycles. The molecule has 6 heteroatoms. The van der Waals surface area contributed by atoms with E-state index in [1.165, 1.54) is 40.9 Å². The van der Waals surface area contributed by atoms with Crippen molar-refractivity contribution in [2.75, 3.05) is 0 Å². The average Bonchev–Trinajstić information content (AvgIpc) is 2.95. The van der Waals surface area contributed by atoms with E-state index in [4.69, 9.17) is 0 Å². The summed E-state index contributed by atoms with van der Waals surface area (Å²) < 4.78 is 13.4. The molecule has 0 spiro atoms. The molecule has 1 aliphatic heterocycles. The second-order valence-electron chi connectivity index (χ2n) is 6.14. The first-order valence-corrected chi connectivity index (χ1v) is 9.44. The molecule has 138 valence electrons. The summed E-state index contributed by atoms with van der Waals surface area (Å²) in [5, 5.41) is 0. The van der Waals surface area contributed by atoms with E-state index in [1.54, 1.807) is 24.4 Å². The molecule has 0 bridgehead atoms. The zero-order valence-electron chi connectivity index (χ0n) is 14.7. The van der Waals surface area contributed by atoms with Crippen molar-refractivity contribution in [3.63, 3.8) is 0 Å². The Bertz CT molecular complexity index is 1050. The van der Waals surface area contributed by atoms with Gasteiger partial charge in [0.2, 0.25) is 0 Å². The summed E-state index contributed by atoms with van der Waals surface area (Å²) in [5.74, 6) is -1.17. The SMILES string of the molecule is O=C1C(Sc2ccccc2)=C(c2ccc(F)cc2)C(=O)N1Cc1ccccn1. The van der Waals surface area contributed by atoms with Gasteiger partial charge in [-0.2, -0.15) is 0 Å². The Labute approximate surface area is 165 Å². The number of nitrogens with zero attached hydrogens (tertiary/aromatic N) is 2. The second-order valence-corrected chi connectivity index (χ2v) is 7.23. The predicted octanol–water partition coefficient (Wildman–Crippen LogP) is 4.29. The Hall–Kier alpha value is -3.25. The minimum absolute atomic E-state index is 0.0854. The van der Waals surface area contributed by atoms with Gasteiger partial charge in [-0.15, -0.1) is 0 Å². The Morgan fingerprint density at radius 3 is 2.25 bits per heavy atom. The number of carbonyl (C=O) groups excluding carboxylic acids is 2. The molecule has 3 aromatic rings. The number of amides is 2. The van der Waals surface area contributed by atoms with Crippen LogP contribution in [0.1, 0.15) is 11.3 Å². The van der Waals surface area contributed by atoms with Gasteiger partial charge < -0.3 is 0 Å². The minimum Gasteiger partial charge on any atom is -0.269 e. The van der Waals surface area contributed by atoms with Gasteiger partial charge in [0.25, 0.3) is 11.8 Å². The maximum Gasteiger partial charge on any atom is 0.268 e. The predicted molar refractivity (Wildman–Crippen MR) is 105 cm³/mol. The van der Waals surface area contributed by atoms with Crippen molar-refractivity contribution in [2.45, 2.75) is 11.4 Å². The number of carbonyl (C=O) groups is 2. The molecule has 0 aliphatic carbocycles. The molecular weight excluding hydrogens is 375 g/mol. The third kappa shape index (κ3) is 3.59. The number of halogens is 1. The molecule has 28 heavy (non-hydrogen) atoms. The number of rotatable bonds is 5. The summed E-state index contributed by atoms with van der Waals surface area (Å²) in [7, 11) is 0. The molecule has 0 radical (unpaired) electrons. The first kappa shape index (κ1) is 18.1. The fourth-order valence-electron chi connectivity index (χ4n) is 2.92. The number of benzene rings is 2. The summed E-state index contributed by atoms with van der Waals surface area (Å²) in [6.07, 6.45) is 1.62. The number of aromatic nitrogens is 1. The van der Waals surface area contributed by atoms with Gasteiger partial charge in [-0.1, -0.05) is 48.2 Å². The van der Waals surface area contributed by atoms with Crippen LogP contribution >= 0.6 is 11.8 Å². The lowest BCUT2D eigenvalue weighted by atomic mass is 10.1. The number of imide groups is 1. The standard InChI is InChI=1S/C22H15FN2O2S/c23-16-11-9-15(10-12-16)19-20(28-18-7-2-1-3-8-18)22(27)25(21(19)26)14-17-6-4-5-13-24-17/h1-13H,14H2. The van der Waals surface area contributed by atoms with Crippen molar-refractivity contribution in [1.29, 1.82) is 0 Å². The van der Waals surface area contributed by atoms with Crippen LogP contribution in [-0.2, 0) is 16.1 Å². The van der Waals surface area contributed by atoms with Crippen LogP contribution < -0.4 is 0 Å². The summed E-state index contributed by atoms with van der Waals surface area (Å²) in [5.41, 5.74) is 1.42. The fraction of sp³-hybridized carbons (Fsp3) is 0.0455. The van der Waals surface area contributed by atoms with Crippen LogP contribution in [-0.4, -0.2) is 21.7 Å². The maximum atomic E-state index is 13.4. The molecule has 0 saturated carbocycles. The maximum absolute atomic E-state index is 13.4. The van der Waals surface area contributed by atoms with E-state index in [1.807, 2.05) is 30.3 Å². The van der Waals surface area contributed by atoms with Crippen molar-refractivity contribution < 1.29 is 14.0 Å². The second kappa shape index (κ2) is 7.78. The van der Waals surface area contributed by atoms with E-state index in [9.17, 15) is 14.0 Å². The van der Waals surface area contributed by atoms with Crippen LogP contribution in [0.4, 0.5) is 4.39 Å². The first-order chi connectivity index (χ1) is 13.6. The number of thioether (sulfide) groups is 1. The van der Waals surface area contributed by atoms with Gasteiger partial charge in [0.05, 0.1) is 22.7 Å². The van der Waals surface area contributed by atoms with Gasteiger partial charge in [0.15, 0.2) is 0 Å². The molecule has 0 fully saturated rings. The van der Waals surface area contributed by atoms with Crippen molar-refractivity contribution in [3.05, 3.63) is 101 Å². The van der Waals surface area contributed by atoms with Crippen molar-refractivity contribution >= 4 is 29.1 Å². The third-order valence-corrected chi connectivity index (χ3v) is 5.36. The third-order valence-electron chi connectivity index (χ3n) is 4.27. The zero-order valence-corrected chi connectivity index (χ0v) is 15.5. The highest BCUT2D eigenvalue weighted by Crippen LogP contribution is 2.40. The Balaban J connectivity index is 1.74. The monoisotopic (exact) mass is 390 g/mol. The van der Waals surface area contributed by atoms with Crippen molar-refractivity contribution in [3.8, 4) is 0 Å². The summed E-state index contributed by atoms with van der Waals surface area (Å²) in [6.45, 7) is 0.0854. The summed E-state index contributed by atoms with van der Waals surface area (Å²) >= 11 is 1.24. The quantitative estimate of drug-likeness (QED) is 0.610. The van der Waals surface area contributed by atoms with E-state index in [0.717, 1.165) is 4.90 Å². The van der Waals surface area contributed by atoms with Gasteiger partial charge in [-0.3, -0.25) is 19.5 Å². The Kier molecular flexibility index (Phi) is 5.04. The lowest BCUT2D eigenvalue weighted by Crippen LogP contribution is -2.31. The molecule has 0 N–H and O–H groups in total. The highest BCUT2D eigenvalue weighted by Gasteiger charge is 2.39. The Morgan fingerprint density at radius 1 is 0.857 bits per heavy atom. The number of hydrogen-bond donors (Lipinski definition) is 0. The number of pyridine rings is 1. The number of hydrogen-bond acceptors (Lipinski definition) is 4. The van der Waals surface area contributed by atoms with Crippen LogP contribution in [0.2, 0.25) is 0 Å². The zero-order chi connectivity index (χ0) is 19.5. The molecule has 2 heterocycles. The summed E-state index contributed by atoms with van der Waals surface area (Å²) in [6, 6.07) is 20.3. The van der Waals surface area contributed by atoms with Crippen LogP contribution in [0.5, 0.6) is 0 Å². The van der Waals surface area contributed by atoms with Crippen LogP contribution in [0.3, 0.4) is 0 Å². The molecule has 0 unspecified atom stereocenters. The molecule has 1 aromatic heterocycles. The van der Waals surface area contributed by atoms with E-state index >= 15 is 0 Å². The molecular formula is C22H15FN2O2S. The first-order valence-electron chi connectivity index (χ1n) is 8.63. The molecule has 4 nitrogen and oxygen atoms in total. The Morgan fingerprint density at radius 2 is 1.57 bits per heavy atom. The lowest BCUT2D eigenvalue weighted by Gasteiger charge is -2.14. The highest BCUT2D eigenvalue weighted by atomic mass is 32.2. The summed E-state index contributed by atoms with van der Waals surface area (Å²) in [4.78, 5) is 32.8. The molecule has 2 aromatic carbocycles. The minimum atomic E-state index is -0.402. The highest BCUT2D eigenvalue weighted by molar-refractivity contribution is 8.04. The van der Waals surface area contributed by atoms with E-state index in [-0.39, 0.29) is 18.0 Å². The van der Waals surface area contributed by atoms with Gasteiger partial charge >= 0.3 is 0 Å². The topological polar surface area (TPSA) is 50.3 Å². The van der Waals surface area contributed by atoms with Gasteiger partial charge in [0, 0.05) is 11.1 Å². The normalized spacial score (nSPS) is 14.1. The largest absolute Gasteiger partial charge is 0.269 e. The molecule has 2 amide bonds. The average molecular weight is 390 g/mol. The van der Waals surface area contributed by atoms with Gasteiger partial charge in [-0.25, -0.2) is 4.39 Å². The molecule has 1 aliphatic rings. The molecule has 4 rings (SSSR count). The fourth-order valence-corrected chi connectivity index (χ4v) is 3.96. The van der Waals surface area contributed by atoms with Gasteiger partial charge in [-0.05, 0) is 42.0 Å². The van der Waals surface area contributed by atoms with Gasteiger partial charge in [0.1, 0.15) is 5.82 Å².